The van der Waals surface area contributed by atoms with Crippen LogP contribution in [0.4, 0.5) is 5.69 Å². The Morgan fingerprint density at radius 1 is 1.48 bits per heavy atom. The lowest BCUT2D eigenvalue weighted by atomic mass is 9.86. The van der Waals surface area contributed by atoms with Crippen LogP contribution in [0.2, 0.25) is 5.02 Å². The molecule has 0 radical (unpaired) electrons. The molecule has 1 aromatic rings. The van der Waals surface area contributed by atoms with Crippen molar-refractivity contribution in [2.45, 2.75) is 45.7 Å². The molecule has 1 heterocycles. The summed E-state index contributed by atoms with van der Waals surface area (Å²) in [5, 5.41) is 0.692. The molecule has 1 amide bonds. The van der Waals surface area contributed by atoms with Crippen LogP contribution in [0.5, 0.6) is 0 Å². The van der Waals surface area contributed by atoms with Gasteiger partial charge in [-0.15, -0.1) is 0 Å². The third kappa shape index (κ3) is 2.78. The van der Waals surface area contributed by atoms with Gasteiger partial charge in [0.05, 0.1) is 5.54 Å². The van der Waals surface area contributed by atoms with Gasteiger partial charge in [0.15, 0.2) is 0 Å². The average molecular weight is 308 g/mol. The second-order valence-corrected chi connectivity index (χ2v) is 6.38. The Bertz CT molecular complexity index is 595. The van der Waals surface area contributed by atoms with Crippen LogP contribution in [-0.2, 0) is 4.79 Å². The molecular formula is C16H22ClN3O. The number of hydrazine groups is 1. The Hall–Kier alpha value is -1.52. The van der Waals surface area contributed by atoms with Crippen molar-refractivity contribution in [3.8, 4) is 0 Å². The second-order valence-electron chi connectivity index (χ2n) is 5.95. The van der Waals surface area contributed by atoms with Crippen LogP contribution in [-0.4, -0.2) is 17.5 Å². The predicted molar refractivity (Wildman–Crippen MR) is 88.1 cm³/mol. The van der Waals surface area contributed by atoms with Crippen molar-refractivity contribution in [2.75, 3.05) is 4.90 Å². The fourth-order valence-corrected chi connectivity index (χ4v) is 3.34. The number of nitrogens with zero attached hydrogens (tertiary/aromatic N) is 1. The molecular weight excluding hydrogens is 286 g/mol. The lowest BCUT2D eigenvalue weighted by molar-refractivity contribution is -0.122. The van der Waals surface area contributed by atoms with Crippen molar-refractivity contribution in [2.24, 2.45) is 5.84 Å². The summed E-state index contributed by atoms with van der Waals surface area (Å²) >= 11 is 6.12. The van der Waals surface area contributed by atoms with Gasteiger partial charge in [-0.3, -0.25) is 10.2 Å². The first-order valence-corrected chi connectivity index (χ1v) is 7.48. The molecule has 1 atom stereocenters. The van der Waals surface area contributed by atoms with E-state index in [4.69, 9.17) is 17.4 Å². The largest absolute Gasteiger partial charge is 0.350 e. The third-order valence-corrected chi connectivity index (χ3v) is 4.21. The molecule has 1 aliphatic heterocycles. The highest BCUT2D eigenvalue weighted by Gasteiger charge is 2.38. The second kappa shape index (κ2) is 5.70. The van der Waals surface area contributed by atoms with Crippen LogP contribution in [0.25, 0.3) is 5.57 Å². The van der Waals surface area contributed by atoms with E-state index in [0.29, 0.717) is 11.4 Å². The Kier molecular flexibility index (Phi) is 4.30. The maximum atomic E-state index is 12.2. The van der Waals surface area contributed by atoms with Crippen molar-refractivity contribution < 1.29 is 4.79 Å². The molecule has 0 bridgehead atoms. The van der Waals surface area contributed by atoms with Gasteiger partial charge in [0.2, 0.25) is 0 Å². The molecule has 4 nitrogen and oxygen atoms in total. The van der Waals surface area contributed by atoms with Gasteiger partial charge >= 0.3 is 0 Å². The van der Waals surface area contributed by atoms with E-state index in [0.717, 1.165) is 16.8 Å². The van der Waals surface area contributed by atoms with E-state index >= 15 is 0 Å². The van der Waals surface area contributed by atoms with Crippen LogP contribution < -0.4 is 16.2 Å². The molecule has 0 saturated carbocycles. The van der Waals surface area contributed by atoms with E-state index < -0.39 is 0 Å². The van der Waals surface area contributed by atoms with E-state index in [2.05, 4.69) is 37.2 Å². The Balaban J connectivity index is 2.62. The van der Waals surface area contributed by atoms with Crippen molar-refractivity contribution >= 4 is 28.8 Å². The number of fused-ring (bicyclic) bond motifs is 1. The summed E-state index contributed by atoms with van der Waals surface area (Å²) in [6, 6.07) is 5.45. The maximum Gasteiger partial charge on any atom is 0.256 e. The monoisotopic (exact) mass is 307 g/mol. The van der Waals surface area contributed by atoms with Gasteiger partial charge in [0, 0.05) is 16.3 Å². The number of amides is 1. The molecule has 0 spiro atoms. The minimum absolute atomic E-state index is 0.181. The maximum absolute atomic E-state index is 12.2. The number of hydrogen-bond acceptors (Lipinski definition) is 3. The summed E-state index contributed by atoms with van der Waals surface area (Å²) in [6.07, 6.45) is 2.83. The quantitative estimate of drug-likeness (QED) is 0.512. The van der Waals surface area contributed by atoms with Gasteiger partial charge in [0.25, 0.3) is 5.91 Å². The van der Waals surface area contributed by atoms with Crippen LogP contribution in [0.15, 0.2) is 24.3 Å². The van der Waals surface area contributed by atoms with Gasteiger partial charge in [-0.05, 0) is 51.0 Å². The Labute approximate surface area is 130 Å². The standard InChI is InChI=1S/C16H22ClN3O/c1-5-13(15(21)19-18)20-14-7-6-11(17)8-12(14)10(2)9-16(20,3)4/h6-9,13H,5,18H2,1-4H3,(H,19,21)/t13-/m1/s1. The summed E-state index contributed by atoms with van der Waals surface area (Å²) in [6.45, 7) is 8.25. The SMILES string of the molecule is CC[C@H](C(=O)NN)N1c2ccc(Cl)cc2C(C)=CC1(C)C. The van der Waals surface area contributed by atoms with Gasteiger partial charge in [-0.1, -0.05) is 24.6 Å². The first-order chi connectivity index (χ1) is 9.81. The highest BCUT2D eigenvalue weighted by atomic mass is 35.5. The van der Waals surface area contributed by atoms with Crippen LogP contribution in [0.3, 0.4) is 0 Å². The number of hydrogen-bond donors (Lipinski definition) is 2. The lowest BCUT2D eigenvalue weighted by Gasteiger charge is -2.46. The number of halogens is 1. The van der Waals surface area contributed by atoms with Gasteiger partial charge in [-0.25, -0.2) is 5.84 Å². The van der Waals surface area contributed by atoms with E-state index in [1.54, 1.807) is 0 Å². The van der Waals surface area contributed by atoms with Gasteiger partial charge in [-0.2, -0.15) is 0 Å². The fraction of sp³-hybridized carbons (Fsp3) is 0.438. The number of rotatable bonds is 3. The first kappa shape index (κ1) is 15.9. The molecule has 0 fully saturated rings. The number of anilines is 1. The van der Waals surface area contributed by atoms with Crippen molar-refractivity contribution in [1.29, 1.82) is 0 Å². The fourth-order valence-electron chi connectivity index (χ4n) is 3.17. The summed E-state index contributed by atoms with van der Waals surface area (Å²) in [5.74, 6) is 5.17. The van der Waals surface area contributed by atoms with Gasteiger partial charge < -0.3 is 4.90 Å². The third-order valence-electron chi connectivity index (χ3n) is 3.98. The molecule has 2 rings (SSSR count). The highest BCUT2D eigenvalue weighted by molar-refractivity contribution is 6.30. The normalized spacial score (nSPS) is 17.8. The number of nitrogens with two attached hydrogens (primary N) is 1. The van der Waals surface area contributed by atoms with Crippen molar-refractivity contribution in [3.63, 3.8) is 0 Å². The topological polar surface area (TPSA) is 58.4 Å². The molecule has 0 aliphatic carbocycles. The summed E-state index contributed by atoms with van der Waals surface area (Å²) < 4.78 is 0. The Morgan fingerprint density at radius 3 is 2.71 bits per heavy atom. The van der Waals surface area contributed by atoms with Gasteiger partial charge in [0.1, 0.15) is 6.04 Å². The summed E-state index contributed by atoms with van der Waals surface area (Å²) in [7, 11) is 0. The number of carbonyl (C=O) groups is 1. The summed E-state index contributed by atoms with van der Waals surface area (Å²) in [4.78, 5) is 14.3. The first-order valence-electron chi connectivity index (χ1n) is 7.11. The van der Waals surface area contributed by atoms with Crippen molar-refractivity contribution in [3.05, 3.63) is 34.9 Å². The highest BCUT2D eigenvalue weighted by Crippen LogP contribution is 2.41. The van der Waals surface area contributed by atoms with Crippen LogP contribution in [0, 0.1) is 0 Å². The molecule has 21 heavy (non-hydrogen) atoms. The van der Waals surface area contributed by atoms with Crippen LogP contribution >= 0.6 is 11.6 Å². The molecule has 3 N–H and O–H groups in total. The van der Waals surface area contributed by atoms with Crippen molar-refractivity contribution in [1.82, 2.24) is 5.43 Å². The zero-order chi connectivity index (χ0) is 15.8. The molecule has 0 saturated heterocycles. The molecule has 5 heteroatoms. The number of allylic oxidation sites excluding steroid dienone is 1. The number of nitrogens with one attached hydrogen (secondary N) is 1. The Morgan fingerprint density at radius 2 is 2.14 bits per heavy atom. The molecule has 1 aromatic carbocycles. The van der Waals surface area contributed by atoms with E-state index in [1.165, 1.54) is 0 Å². The summed E-state index contributed by atoms with van der Waals surface area (Å²) in [5.41, 5.74) is 5.24. The number of benzene rings is 1. The smallest absolute Gasteiger partial charge is 0.256 e. The minimum Gasteiger partial charge on any atom is -0.350 e. The molecule has 114 valence electrons. The molecule has 0 unspecified atom stereocenters. The number of carbonyl (C=O) groups excluding carboxylic acids is 1. The zero-order valence-electron chi connectivity index (χ0n) is 12.9. The molecule has 1 aliphatic rings. The average Bonchev–Trinajstić information content (AvgIpc) is 2.42. The predicted octanol–water partition coefficient (Wildman–Crippen LogP) is 3.11. The van der Waals surface area contributed by atoms with E-state index in [-0.39, 0.29) is 17.5 Å². The van der Waals surface area contributed by atoms with E-state index in [1.807, 2.05) is 25.1 Å². The van der Waals surface area contributed by atoms with Crippen LogP contribution in [0.1, 0.15) is 39.7 Å². The zero-order valence-corrected chi connectivity index (χ0v) is 13.7. The minimum atomic E-state index is -0.325. The molecule has 0 aromatic heterocycles. The van der Waals surface area contributed by atoms with E-state index in [9.17, 15) is 4.79 Å². The lowest BCUT2D eigenvalue weighted by Crippen LogP contribution is -2.57.